The molecule has 2 aromatic heterocycles. The Labute approximate surface area is 306 Å². The smallest absolute Gasteiger partial charge is 0.318 e. The van der Waals surface area contributed by atoms with E-state index >= 15 is 0 Å². The second-order valence-electron chi connectivity index (χ2n) is 14.9. The number of carbonyl (C=O) groups is 1. The van der Waals surface area contributed by atoms with Crippen LogP contribution in [0, 0.1) is 0 Å². The van der Waals surface area contributed by atoms with Gasteiger partial charge in [0.25, 0.3) is 5.91 Å². The molecule has 3 saturated heterocycles. The number of hydrogen-bond donors (Lipinski definition) is 0. The minimum absolute atomic E-state index is 0.0730. The maximum atomic E-state index is 14.6. The Kier molecular flexibility index (Phi) is 8.30. The SMILES string of the molecule is O=C(c1nn2c(c1Cl)CN(c1nc(OC[C@@]34CCCN3CC(F)C4)nc3c1CO[C@@]1(CCc4c(Cl)cccc41)C3)CCC2)N1CCS(=O)(=O)CC1. The zero-order valence-electron chi connectivity index (χ0n) is 28.3. The highest BCUT2D eigenvalue weighted by molar-refractivity contribution is 7.91. The first-order valence-corrected chi connectivity index (χ1v) is 20.4. The Morgan fingerprint density at radius 2 is 1.90 bits per heavy atom. The van der Waals surface area contributed by atoms with E-state index in [1.54, 1.807) is 4.68 Å². The highest BCUT2D eigenvalue weighted by atomic mass is 35.5. The zero-order valence-corrected chi connectivity index (χ0v) is 30.6. The third kappa shape index (κ3) is 5.80. The molecule has 16 heteroatoms. The molecule has 9 rings (SSSR count). The van der Waals surface area contributed by atoms with Gasteiger partial charge >= 0.3 is 6.01 Å². The molecular formula is C35H40Cl2FN7O5S. The second kappa shape index (κ2) is 12.5. The summed E-state index contributed by atoms with van der Waals surface area (Å²) in [7, 11) is -3.15. The van der Waals surface area contributed by atoms with E-state index in [4.69, 9.17) is 42.6 Å². The lowest BCUT2D eigenvalue weighted by molar-refractivity contribution is -0.0730. The lowest BCUT2D eigenvalue weighted by Gasteiger charge is -2.37. The third-order valence-corrected chi connectivity index (χ3v) is 14.2. The summed E-state index contributed by atoms with van der Waals surface area (Å²) in [6.07, 6.45) is 4.31. The molecule has 12 nitrogen and oxygen atoms in total. The number of benzene rings is 1. The number of aromatic nitrogens is 4. The van der Waals surface area contributed by atoms with Crippen molar-refractivity contribution in [1.82, 2.24) is 29.5 Å². The number of fused-ring (bicyclic) bond motifs is 5. The summed E-state index contributed by atoms with van der Waals surface area (Å²) in [5.41, 5.74) is 3.84. The minimum atomic E-state index is -3.15. The molecular weight excluding hydrogens is 720 g/mol. The molecule has 1 amide bonds. The zero-order chi connectivity index (χ0) is 35.1. The first-order chi connectivity index (χ1) is 24.5. The summed E-state index contributed by atoms with van der Waals surface area (Å²) < 4.78 is 53.6. The summed E-state index contributed by atoms with van der Waals surface area (Å²) in [5.74, 6) is 0.174. The number of ether oxygens (including phenoxy) is 2. The number of anilines is 1. The fraction of sp³-hybridized carbons (Fsp3) is 0.600. The monoisotopic (exact) mass is 759 g/mol. The largest absolute Gasteiger partial charge is 0.461 e. The predicted molar refractivity (Wildman–Crippen MR) is 188 cm³/mol. The maximum absolute atomic E-state index is 14.6. The molecule has 5 aliphatic heterocycles. The Morgan fingerprint density at radius 1 is 1.06 bits per heavy atom. The van der Waals surface area contributed by atoms with Crippen LogP contribution in [0.4, 0.5) is 10.2 Å². The molecule has 7 heterocycles. The highest BCUT2D eigenvalue weighted by Gasteiger charge is 2.50. The van der Waals surface area contributed by atoms with Crippen molar-refractivity contribution in [3.8, 4) is 6.01 Å². The van der Waals surface area contributed by atoms with Gasteiger partial charge < -0.3 is 19.3 Å². The summed E-state index contributed by atoms with van der Waals surface area (Å²) in [6.45, 7) is 3.66. The molecule has 3 atom stereocenters. The molecule has 0 N–H and O–H groups in total. The molecule has 51 heavy (non-hydrogen) atoms. The van der Waals surface area contributed by atoms with E-state index in [9.17, 15) is 17.6 Å². The molecule has 272 valence electrons. The Bertz CT molecular complexity index is 2020. The average Bonchev–Trinajstić information content (AvgIpc) is 3.79. The summed E-state index contributed by atoms with van der Waals surface area (Å²) in [6, 6.07) is 6.24. The third-order valence-electron chi connectivity index (χ3n) is 11.9. The van der Waals surface area contributed by atoms with E-state index in [-0.39, 0.29) is 52.8 Å². The van der Waals surface area contributed by atoms with E-state index in [0.717, 1.165) is 59.6 Å². The van der Waals surface area contributed by atoms with Crippen LogP contribution in [0.3, 0.4) is 0 Å². The first-order valence-electron chi connectivity index (χ1n) is 17.9. The number of aryl methyl sites for hydroxylation is 1. The van der Waals surface area contributed by atoms with E-state index in [1.807, 2.05) is 12.1 Å². The average molecular weight is 761 g/mol. The predicted octanol–water partition coefficient (Wildman–Crippen LogP) is 4.13. The van der Waals surface area contributed by atoms with Crippen LogP contribution in [0.5, 0.6) is 6.01 Å². The second-order valence-corrected chi connectivity index (χ2v) is 18.0. The highest BCUT2D eigenvalue weighted by Crippen LogP contribution is 2.49. The Hall–Kier alpha value is -3.04. The topological polar surface area (TPSA) is 123 Å². The van der Waals surface area contributed by atoms with Gasteiger partial charge in [0, 0.05) is 56.2 Å². The minimum Gasteiger partial charge on any atom is -0.461 e. The van der Waals surface area contributed by atoms with Crippen molar-refractivity contribution in [3.63, 3.8) is 0 Å². The van der Waals surface area contributed by atoms with Gasteiger partial charge in [-0.2, -0.15) is 15.1 Å². The number of rotatable bonds is 5. The fourth-order valence-electron chi connectivity index (χ4n) is 9.19. The molecule has 1 aliphatic carbocycles. The van der Waals surface area contributed by atoms with E-state index in [0.29, 0.717) is 70.2 Å². The van der Waals surface area contributed by atoms with Gasteiger partial charge in [-0.15, -0.1) is 0 Å². The van der Waals surface area contributed by atoms with Crippen LogP contribution in [0.2, 0.25) is 10.0 Å². The molecule has 1 unspecified atom stereocenters. The van der Waals surface area contributed by atoms with Crippen LogP contribution >= 0.6 is 23.2 Å². The molecule has 3 fully saturated rings. The van der Waals surface area contributed by atoms with E-state index in [2.05, 4.69) is 21.0 Å². The van der Waals surface area contributed by atoms with Gasteiger partial charge in [-0.25, -0.2) is 12.8 Å². The van der Waals surface area contributed by atoms with Gasteiger partial charge in [-0.1, -0.05) is 35.3 Å². The number of alkyl halides is 1. The van der Waals surface area contributed by atoms with E-state index < -0.39 is 21.6 Å². The molecule has 0 bridgehead atoms. The maximum Gasteiger partial charge on any atom is 0.318 e. The molecule has 0 radical (unpaired) electrons. The van der Waals surface area contributed by atoms with Crippen molar-refractivity contribution >= 4 is 44.8 Å². The molecule has 1 spiro atoms. The standard InChI is InChI=1S/C35H40Cl2FN7O5S/c36-26-5-1-4-25-23(26)6-8-35(25)17-27-24(20-50-35)31(40-33(39-27)49-21-34-7-2-10-44(34)18-22(38)16-34)43-9-3-11-45-28(19-43)29(37)30(41-45)32(46)42-12-14-51(47,48)15-13-42/h1,4-5,22H,2-3,6-21H2/t22?,34-,35-/m0/s1. The summed E-state index contributed by atoms with van der Waals surface area (Å²) in [5, 5.41) is 5.64. The quantitative estimate of drug-likeness (QED) is 0.376. The number of nitrogens with zero attached hydrogens (tertiary/aromatic N) is 7. The molecule has 3 aromatic rings. The van der Waals surface area contributed by atoms with Crippen molar-refractivity contribution in [2.75, 3.05) is 55.7 Å². The van der Waals surface area contributed by atoms with Gasteiger partial charge in [0.15, 0.2) is 15.5 Å². The number of hydrogen-bond acceptors (Lipinski definition) is 10. The summed E-state index contributed by atoms with van der Waals surface area (Å²) in [4.78, 5) is 29.4. The Balaban J connectivity index is 1.05. The number of halogens is 3. The van der Waals surface area contributed by atoms with Crippen LogP contribution in [-0.2, 0) is 52.7 Å². The number of carbonyl (C=O) groups excluding carboxylic acids is 1. The van der Waals surface area contributed by atoms with Crippen molar-refractivity contribution in [2.24, 2.45) is 0 Å². The number of amides is 1. The molecule has 6 aliphatic rings. The van der Waals surface area contributed by atoms with Crippen LogP contribution < -0.4 is 9.64 Å². The summed E-state index contributed by atoms with van der Waals surface area (Å²) >= 11 is 13.6. The van der Waals surface area contributed by atoms with Crippen molar-refractivity contribution in [2.45, 2.75) is 82.0 Å². The fourth-order valence-corrected chi connectivity index (χ4v) is 10.9. The lowest BCUT2D eigenvalue weighted by Crippen LogP contribution is -2.44. The van der Waals surface area contributed by atoms with Crippen molar-refractivity contribution < 1.29 is 27.1 Å². The van der Waals surface area contributed by atoms with Crippen LogP contribution in [0.1, 0.15) is 70.7 Å². The van der Waals surface area contributed by atoms with Gasteiger partial charge in [0.2, 0.25) is 0 Å². The lowest BCUT2D eigenvalue weighted by atomic mass is 9.87. The first kappa shape index (κ1) is 33.8. The van der Waals surface area contributed by atoms with Gasteiger partial charge in [-0.3, -0.25) is 14.4 Å². The van der Waals surface area contributed by atoms with Gasteiger partial charge in [-0.05, 0) is 55.8 Å². The van der Waals surface area contributed by atoms with Crippen LogP contribution in [0.15, 0.2) is 18.2 Å². The normalized spacial score (nSPS) is 28.3. The van der Waals surface area contributed by atoms with Crippen molar-refractivity contribution in [1.29, 1.82) is 0 Å². The number of sulfone groups is 1. The van der Waals surface area contributed by atoms with Gasteiger partial charge in [0.05, 0.1) is 52.2 Å². The van der Waals surface area contributed by atoms with E-state index in [1.165, 1.54) is 4.90 Å². The molecule has 0 saturated carbocycles. The molecule has 1 aromatic carbocycles. The Morgan fingerprint density at radius 3 is 2.75 bits per heavy atom. The van der Waals surface area contributed by atoms with Crippen LogP contribution in [0.25, 0.3) is 0 Å². The van der Waals surface area contributed by atoms with Crippen molar-refractivity contribution in [3.05, 3.63) is 62.0 Å². The van der Waals surface area contributed by atoms with Gasteiger partial charge in [0.1, 0.15) is 18.6 Å². The van der Waals surface area contributed by atoms with Crippen LogP contribution in [-0.4, -0.2) is 106 Å².